The van der Waals surface area contributed by atoms with E-state index >= 15 is 0 Å². The van der Waals surface area contributed by atoms with Crippen molar-refractivity contribution in [2.45, 2.75) is 37.5 Å². The number of nitrogens with zero attached hydrogens (tertiary/aromatic N) is 1. The minimum absolute atomic E-state index is 0.169. The predicted octanol–water partition coefficient (Wildman–Crippen LogP) is 2.00. The Kier molecular flexibility index (Phi) is 5.90. The largest absolute Gasteiger partial charge is 0.454 e. The number of carbonyl (C=O) groups is 2. The Morgan fingerprint density at radius 2 is 1.61 bits per heavy atom. The van der Waals surface area contributed by atoms with Crippen LogP contribution in [0, 0.1) is 0 Å². The molecule has 2 rings (SSSR count). The van der Waals surface area contributed by atoms with Gasteiger partial charge >= 0.3 is 5.97 Å². The molecule has 1 saturated heterocycles. The molecule has 0 spiro atoms. The summed E-state index contributed by atoms with van der Waals surface area (Å²) in [6.07, 6.45) is 3.84. The number of hydrogen-bond acceptors (Lipinski definition) is 5. The molecule has 1 aliphatic heterocycles. The summed E-state index contributed by atoms with van der Waals surface area (Å²) in [5.41, 5.74) is 0.223. The lowest BCUT2D eigenvalue weighted by Crippen LogP contribution is -2.31. The zero-order valence-electron chi connectivity index (χ0n) is 13.2. The van der Waals surface area contributed by atoms with Crippen molar-refractivity contribution in [3.63, 3.8) is 0 Å². The first kappa shape index (κ1) is 17.6. The topological polar surface area (TPSA) is 80.8 Å². The molecule has 23 heavy (non-hydrogen) atoms. The second-order valence-corrected chi connectivity index (χ2v) is 7.56. The summed E-state index contributed by atoms with van der Waals surface area (Å²) in [5, 5.41) is 0. The van der Waals surface area contributed by atoms with E-state index in [1.807, 2.05) is 0 Å². The lowest BCUT2D eigenvalue weighted by atomic mass is 10.2. The highest BCUT2D eigenvalue weighted by Gasteiger charge is 2.25. The van der Waals surface area contributed by atoms with Crippen molar-refractivity contribution >= 4 is 21.8 Å². The van der Waals surface area contributed by atoms with Gasteiger partial charge in [0.15, 0.2) is 5.78 Å². The van der Waals surface area contributed by atoms with Crippen molar-refractivity contribution in [1.82, 2.24) is 4.31 Å². The molecule has 6 nitrogen and oxygen atoms in total. The second-order valence-electron chi connectivity index (χ2n) is 5.62. The zero-order valence-corrected chi connectivity index (χ0v) is 14.0. The zero-order chi connectivity index (χ0) is 16.9. The number of ether oxygens (including phenoxy) is 1. The van der Waals surface area contributed by atoms with E-state index in [2.05, 4.69) is 0 Å². The number of sulfonamides is 1. The number of hydrogen-bond donors (Lipinski definition) is 0. The van der Waals surface area contributed by atoms with Crippen LogP contribution in [0.2, 0.25) is 0 Å². The summed E-state index contributed by atoms with van der Waals surface area (Å²) in [5.74, 6) is -0.891. The molecule has 0 atom stereocenters. The molecule has 1 fully saturated rings. The van der Waals surface area contributed by atoms with Crippen LogP contribution in [0.3, 0.4) is 0 Å². The first-order chi connectivity index (χ1) is 10.9. The Balaban J connectivity index is 2.11. The summed E-state index contributed by atoms with van der Waals surface area (Å²) in [6, 6.07) is 5.63. The molecule has 1 heterocycles. The molecule has 0 bridgehead atoms. The van der Waals surface area contributed by atoms with Crippen molar-refractivity contribution in [2.24, 2.45) is 0 Å². The van der Waals surface area contributed by atoms with Crippen LogP contribution < -0.4 is 0 Å². The van der Waals surface area contributed by atoms with Gasteiger partial charge in [-0.15, -0.1) is 0 Å². The van der Waals surface area contributed by atoms with Gasteiger partial charge in [0, 0.05) is 13.1 Å². The smallest absolute Gasteiger partial charge is 0.338 e. The lowest BCUT2D eigenvalue weighted by molar-refractivity contribution is -0.120. The highest BCUT2D eigenvalue weighted by Crippen LogP contribution is 2.20. The van der Waals surface area contributed by atoms with Gasteiger partial charge in [0.25, 0.3) is 0 Å². The molecule has 0 amide bonds. The van der Waals surface area contributed by atoms with Crippen molar-refractivity contribution in [2.75, 3.05) is 19.7 Å². The fourth-order valence-electron chi connectivity index (χ4n) is 2.44. The highest BCUT2D eigenvalue weighted by atomic mass is 32.2. The molecule has 1 aromatic carbocycles. The Morgan fingerprint density at radius 1 is 1.04 bits per heavy atom. The van der Waals surface area contributed by atoms with Gasteiger partial charge in [0.1, 0.15) is 6.61 Å². The van der Waals surface area contributed by atoms with Gasteiger partial charge in [-0.05, 0) is 44.0 Å². The normalized spacial score (nSPS) is 16.6. The third-order valence-electron chi connectivity index (χ3n) is 3.70. The van der Waals surface area contributed by atoms with Gasteiger partial charge in [-0.1, -0.05) is 12.8 Å². The molecule has 0 aromatic heterocycles. The van der Waals surface area contributed by atoms with Crippen molar-refractivity contribution in [1.29, 1.82) is 0 Å². The number of esters is 1. The molecular formula is C16H21NO5S. The average molecular weight is 339 g/mol. The van der Waals surface area contributed by atoms with Crippen LogP contribution in [0.1, 0.15) is 43.0 Å². The van der Waals surface area contributed by atoms with Gasteiger partial charge in [-0.3, -0.25) is 4.79 Å². The van der Waals surface area contributed by atoms with E-state index in [-0.39, 0.29) is 22.8 Å². The standard InChI is InChI=1S/C16H21NO5S/c1-13(18)12-22-16(19)14-6-8-15(9-7-14)23(20,21)17-10-4-2-3-5-11-17/h6-9H,2-5,10-12H2,1H3. The molecular weight excluding hydrogens is 318 g/mol. The maximum Gasteiger partial charge on any atom is 0.338 e. The maximum absolute atomic E-state index is 12.6. The first-order valence-corrected chi connectivity index (χ1v) is 9.12. The Bertz CT molecular complexity index is 658. The van der Waals surface area contributed by atoms with Gasteiger partial charge in [-0.2, -0.15) is 4.31 Å². The molecule has 0 aliphatic carbocycles. The Morgan fingerprint density at radius 3 is 2.13 bits per heavy atom. The predicted molar refractivity (Wildman–Crippen MR) is 84.6 cm³/mol. The fraction of sp³-hybridized carbons (Fsp3) is 0.500. The SMILES string of the molecule is CC(=O)COC(=O)c1ccc(S(=O)(=O)N2CCCCCC2)cc1. The second kappa shape index (κ2) is 7.70. The van der Waals surface area contributed by atoms with Gasteiger partial charge in [0.2, 0.25) is 10.0 Å². The Labute approximate surface area is 136 Å². The first-order valence-electron chi connectivity index (χ1n) is 7.68. The van der Waals surface area contributed by atoms with Crippen LogP contribution in [0.15, 0.2) is 29.2 Å². The van der Waals surface area contributed by atoms with E-state index < -0.39 is 16.0 Å². The number of ketones is 1. The summed E-state index contributed by atoms with van der Waals surface area (Å²) in [4.78, 5) is 22.7. The van der Waals surface area contributed by atoms with Crippen LogP contribution in [0.5, 0.6) is 0 Å². The minimum atomic E-state index is -3.53. The number of benzene rings is 1. The van der Waals surface area contributed by atoms with Gasteiger partial charge in [0.05, 0.1) is 10.5 Å². The molecule has 126 valence electrons. The Hall–Kier alpha value is -1.73. The third kappa shape index (κ3) is 4.62. The molecule has 1 aromatic rings. The highest BCUT2D eigenvalue weighted by molar-refractivity contribution is 7.89. The number of rotatable bonds is 5. The molecule has 1 aliphatic rings. The monoisotopic (exact) mass is 339 g/mol. The number of carbonyl (C=O) groups excluding carboxylic acids is 2. The van der Waals surface area contributed by atoms with E-state index in [0.717, 1.165) is 25.7 Å². The van der Waals surface area contributed by atoms with Crippen LogP contribution in [-0.4, -0.2) is 44.2 Å². The summed E-state index contributed by atoms with van der Waals surface area (Å²) in [6.45, 7) is 2.10. The maximum atomic E-state index is 12.6. The van der Waals surface area contributed by atoms with Crippen molar-refractivity contribution < 1.29 is 22.7 Å². The summed E-state index contributed by atoms with van der Waals surface area (Å²) in [7, 11) is -3.53. The third-order valence-corrected chi connectivity index (χ3v) is 5.61. The van der Waals surface area contributed by atoms with E-state index in [9.17, 15) is 18.0 Å². The van der Waals surface area contributed by atoms with Gasteiger partial charge in [-0.25, -0.2) is 13.2 Å². The molecule has 7 heteroatoms. The molecule has 0 saturated carbocycles. The minimum Gasteiger partial charge on any atom is -0.454 e. The van der Waals surface area contributed by atoms with Crippen LogP contribution >= 0.6 is 0 Å². The lowest BCUT2D eigenvalue weighted by Gasteiger charge is -2.19. The van der Waals surface area contributed by atoms with E-state index in [0.29, 0.717) is 13.1 Å². The average Bonchev–Trinajstić information content (AvgIpc) is 2.82. The summed E-state index contributed by atoms with van der Waals surface area (Å²) >= 11 is 0. The van der Waals surface area contributed by atoms with E-state index in [1.165, 1.54) is 35.5 Å². The molecule has 0 radical (unpaired) electrons. The van der Waals surface area contributed by atoms with E-state index in [1.54, 1.807) is 0 Å². The number of Topliss-reactive ketones (excluding diaryl/α,β-unsaturated/α-hetero) is 1. The summed E-state index contributed by atoms with van der Waals surface area (Å²) < 4.78 is 31.5. The van der Waals surface area contributed by atoms with Crippen molar-refractivity contribution in [3.8, 4) is 0 Å². The van der Waals surface area contributed by atoms with Crippen LogP contribution in [0.25, 0.3) is 0 Å². The van der Waals surface area contributed by atoms with Crippen molar-refractivity contribution in [3.05, 3.63) is 29.8 Å². The van der Waals surface area contributed by atoms with E-state index in [4.69, 9.17) is 4.74 Å². The quantitative estimate of drug-likeness (QED) is 0.767. The molecule has 0 unspecified atom stereocenters. The van der Waals surface area contributed by atoms with Crippen LogP contribution in [0.4, 0.5) is 0 Å². The van der Waals surface area contributed by atoms with Crippen LogP contribution in [-0.2, 0) is 19.6 Å². The molecule has 0 N–H and O–H groups in total. The van der Waals surface area contributed by atoms with Gasteiger partial charge < -0.3 is 4.74 Å². The fourth-order valence-corrected chi connectivity index (χ4v) is 3.96.